The predicted octanol–water partition coefficient (Wildman–Crippen LogP) is 3.14. The zero-order chi connectivity index (χ0) is 19.1. The summed E-state index contributed by atoms with van der Waals surface area (Å²) in [4.78, 5) is 26.4. The van der Waals surface area contributed by atoms with E-state index >= 15 is 0 Å². The van der Waals surface area contributed by atoms with Crippen molar-refractivity contribution in [3.8, 4) is 0 Å². The number of benzene rings is 1. The number of carbonyl (C=O) groups excluding carboxylic acids is 2. The molecule has 2 aliphatic rings. The quantitative estimate of drug-likeness (QED) is 0.695. The van der Waals surface area contributed by atoms with E-state index in [0.29, 0.717) is 31.1 Å². The molecule has 3 amide bonds. The smallest absolute Gasteiger partial charge is 0.319 e. The van der Waals surface area contributed by atoms with Gasteiger partial charge in [0, 0.05) is 31.2 Å². The van der Waals surface area contributed by atoms with Crippen LogP contribution in [0.15, 0.2) is 24.3 Å². The van der Waals surface area contributed by atoms with Gasteiger partial charge in [0.2, 0.25) is 5.91 Å². The second-order valence-electron chi connectivity index (χ2n) is 7.49. The number of hydrogen-bond acceptors (Lipinski definition) is 3. The molecule has 28 heavy (non-hydrogen) atoms. The van der Waals surface area contributed by atoms with Gasteiger partial charge in [0.1, 0.15) is 5.82 Å². The average Bonchev–Trinajstić information content (AvgIpc) is 2.69. The number of anilines is 1. The number of carbonyl (C=O) groups is 2. The number of rotatable bonds is 5. The number of nitrogens with one attached hydrogen (secondary N) is 3. The number of likely N-dealkylation sites (tertiary alicyclic amines) is 1. The Morgan fingerprint density at radius 3 is 2.36 bits per heavy atom. The van der Waals surface area contributed by atoms with Crippen LogP contribution in [0.4, 0.5) is 14.9 Å². The number of hydrogen-bond donors (Lipinski definition) is 3. The number of nitrogens with zero attached hydrogens (tertiary/aromatic N) is 1. The summed E-state index contributed by atoms with van der Waals surface area (Å²) in [6.45, 7) is 3.50. The molecule has 3 N–H and O–H groups in total. The van der Waals surface area contributed by atoms with Crippen molar-refractivity contribution in [2.24, 2.45) is 5.92 Å². The zero-order valence-electron chi connectivity index (χ0n) is 16.1. The molecule has 3 rings (SSSR count). The molecular formula is C20H30ClFN4O2. The first-order chi connectivity index (χ1) is 13.1. The molecular weight excluding hydrogens is 383 g/mol. The molecule has 156 valence electrons. The maximum atomic E-state index is 12.9. The van der Waals surface area contributed by atoms with Crippen LogP contribution in [-0.4, -0.2) is 49.1 Å². The molecule has 0 radical (unpaired) electrons. The third-order valence-corrected chi connectivity index (χ3v) is 5.51. The Bertz CT molecular complexity index is 630. The second kappa shape index (κ2) is 11.2. The van der Waals surface area contributed by atoms with Crippen molar-refractivity contribution in [3.05, 3.63) is 30.1 Å². The second-order valence-corrected chi connectivity index (χ2v) is 7.49. The van der Waals surface area contributed by atoms with Crippen LogP contribution in [0.3, 0.4) is 0 Å². The van der Waals surface area contributed by atoms with Crippen LogP contribution in [0.2, 0.25) is 0 Å². The summed E-state index contributed by atoms with van der Waals surface area (Å²) < 4.78 is 12.9. The molecule has 8 heteroatoms. The van der Waals surface area contributed by atoms with Gasteiger partial charge in [0.05, 0.1) is 0 Å². The summed E-state index contributed by atoms with van der Waals surface area (Å²) in [6.07, 6.45) is 5.48. The van der Waals surface area contributed by atoms with Crippen molar-refractivity contribution < 1.29 is 14.0 Å². The normalized spacial score (nSPS) is 18.2. The van der Waals surface area contributed by atoms with Gasteiger partial charge in [0.15, 0.2) is 0 Å². The molecule has 0 saturated carbocycles. The minimum Gasteiger partial charge on any atom is -0.343 e. The lowest BCUT2D eigenvalue weighted by atomic mass is 9.93. The van der Waals surface area contributed by atoms with Crippen molar-refractivity contribution in [2.75, 3.05) is 31.5 Å². The Hall–Kier alpha value is -1.86. The van der Waals surface area contributed by atoms with E-state index in [4.69, 9.17) is 0 Å². The Labute approximate surface area is 172 Å². The Kier molecular flexibility index (Phi) is 8.99. The highest BCUT2D eigenvalue weighted by molar-refractivity contribution is 5.89. The van der Waals surface area contributed by atoms with Crippen LogP contribution >= 0.6 is 12.4 Å². The Morgan fingerprint density at radius 1 is 1.07 bits per heavy atom. The molecule has 2 heterocycles. The Balaban J connectivity index is 0.00000280. The molecule has 1 aromatic rings. The van der Waals surface area contributed by atoms with Gasteiger partial charge < -0.3 is 20.9 Å². The fourth-order valence-electron chi connectivity index (χ4n) is 3.82. The number of amides is 3. The van der Waals surface area contributed by atoms with Crippen LogP contribution < -0.4 is 16.0 Å². The first-order valence-electron chi connectivity index (χ1n) is 9.92. The first-order valence-corrected chi connectivity index (χ1v) is 9.92. The summed E-state index contributed by atoms with van der Waals surface area (Å²) >= 11 is 0. The molecule has 1 aromatic carbocycles. The van der Waals surface area contributed by atoms with Crippen molar-refractivity contribution in [1.29, 1.82) is 0 Å². The lowest BCUT2D eigenvalue weighted by molar-refractivity contribution is -0.132. The summed E-state index contributed by atoms with van der Waals surface area (Å²) in [5.41, 5.74) is 0.555. The van der Waals surface area contributed by atoms with Crippen molar-refractivity contribution >= 4 is 30.0 Å². The fourth-order valence-corrected chi connectivity index (χ4v) is 3.82. The molecule has 0 bridgehead atoms. The maximum absolute atomic E-state index is 12.9. The average molecular weight is 413 g/mol. The number of halogens is 2. The van der Waals surface area contributed by atoms with Gasteiger partial charge in [-0.3, -0.25) is 4.79 Å². The summed E-state index contributed by atoms with van der Waals surface area (Å²) in [7, 11) is 0. The largest absolute Gasteiger partial charge is 0.343 e. The van der Waals surface area contributed by atoms with E-state index in [-0.39, 0.29) is 36.2 Å². The van der Waals surface area contributed by atoms with Gasteiger partial charge >= 0.3 is 6.03 Å². The first kappa shape index (κ1) is 22.4. The van der Waals surface area contributed by atoms with E-state index in [2.05, 4.69) is 16.0 Å². The lowest BCUT2D eigenvalue weighted by Crippen LogP contribution is -2.47. The molecule has 2 saturated heterocycles. The topological polar surface area (TPSA) is 73.5 Å². The van der Waals surface area contributed by atoms with Crippen LogP contribution in [-0.2, 0) is 4.79 Å². The van der Waals surface area contributed by atoms with Gasteiger partial charge in [-0.1, -0.05) is 0 Å². The van der Waals surface area contributed by atoms with E-state index in [0.717, 1.165) is 32.4 Å². The van der Waals surface area contributed by atoms with Gasteiger partial charge in [-0.05, 0) is 75.4 Å². The molecule has 0 aromatic heterocycles. The van der Waals surface area contributed by atoms with Crippen LogP contribution in [0, 0.1) is 11.7 Å². The SMILES string of the molecule is Cl.O=C(Nc1ccc(F)cc1)NC1CCN(C(=O)CCC2CCNCC2)CC1. The standard InChI is InChI=1S/C20H29FN4O2.ClH/c21-16-2-4-17(5-3-16)23-20(27)24-18-9-13-25(14-10-18)19(26)6-1-15-7-11-22-12-8-15;/h2-5,15,18,22H,1,6-14H2,(H2,23,24,27);1H. The van der Waals surface area contributed by atoms with E-state index < -0.39 is 0 Å². The summed E-state index contributed by atoms with van der Waals surface area (Å²) in [6, 6.07) is 5.43. The molecule has 0 spiro atoms. The van der Waals surface area contributed by atoms with E-state index in [1.807, 2.05) is 4.90 Å². The van der Waals surface area contributed by atoms with E-state index in [1.165, 1.54) is 37.1 Å². The monoisotopic (exact) mass is 412 g/mol. The Morgan fingerprint density at radius 2 is 1.71 bits per heavy atom. The number of urea groups is 1. The molecule has 2 aliphatic heterocycles. The fraction of sp³-hybridized carbons (Fsp3) is 0.600. The van der Waals surface area contributed by atoms with Gasteiger partial charge in [-0.2, -0.15) is 0 Å². The van der Waals surface area contributed by atoms with E-state index in [1.54, 1.807) is 0 Å². The highest BCUT2D eigenvalue weighted by Gasteiger charge is 2.24. The van der Waals surface area contributed by atoms with E-state index in [9.17, 15) is 14.0 Å². The predicted molar refractivity (Wildman–Crippen MR) is 110 cm³/mol. The summed E-state index contributed by atoms with van der Waals surface area (Å²) in [5.74, 6) is 0.575. The molecule has 0 aliphatic carbocycles. The minimum atomic E-state index is -0.335. The van der Waals surface area contributed by atoms with Crippen LogP contribution in [0.1, 0.15) is 38.5 Å². The summed E-state index contributed by atoms with van der Waals surface area (Å²) in [5, 5.41) is 8.99. The molecule has 0 atom stereocenters. The third kappa shape index (κ3) is 6.95. The van der Waals surface area contributed by atoms with Crippen LogP contribution in [0.5, 0.6) is 0 Å². The zero-order valence-corrected chi connectivity index (χ0v) is 16.9. The van der Waals surface area contributed by atoms with Gasteiger partial charge in [-0.25, -0.2) is 9.18 Å². The third-order valence-electron chi connectivity index (χ3n) is 5.51. The van der Waals surface area contributed by atoms with Crippen molar-refractivity contribution in [3.63, 3.8) is 0 Å². The highest BCUT2D eigenvalue weighted by Crippen LogP contribution is 2.20. The number of piperidine rings is 2. The highest BCUT2D eigenvalue weighted by atomic mass is 35.5. The van der Waals surface area contributed by atoms with Gasteiger partial charge in [-0.15, -0.1) is 12.4 Å². The molecule has 2 fully saturated rings. The lowest BCUT2D eigenvalue weighted by Gasteiger charge is -2.33. The van der Waals surface area contributed by atoms with Crippen LogP contribution in [0.25, 0.3) is 0 Å². The maximum Gasteiger partial charge on any atom is 0.319 e. The minimum absolute atomic E-state index is 0. The molecule has 0 unspecified atom stereocenters. The van der Waals surface area contributed by atoms with Gasteiger partial charge in [0.25, 0.3) is 0 Å². The van der Waals surface area contributed by atoms with Crippen molar-refractivity contribution in [2.45, 2.75) is 44.6 Å². The van der Waals surface area contributed by atoms with Crippen molar-refractivity contribution in [1.82, 2.24) is 15.5 Å². The molecule has 6 nitrogen and oxygen atoms in total.